The molecule has 0 heterocycles. The topological polar surface area (TPSA) is 12.4 Å². The summed E-state index contributed by atoms with van der Waals surface area (Å²) in [6.07, 6.45) is 6.72. The molecular formula is C19H15N. The number of para-hydroxylation sites is 1. The molecule has 2 aromatic carbocycles. The van der Waals surface area contributed by atoms with Gasteiger partial charge in [-0.25, -0.2) is 4.99 Å². The maximum Gasteiger partial charge on any atom is 0.0753 e. The molecule has 2 aliphatic carbocycles. The van der Waals surface area contributed by atoms with E-state index in [2.05, 4.69) is 48.6 Å². The van der Waals surface area contributed by atoms with Crippen molar-refractivity contribution < 1.29 is 0 Å². The molecule has 0 saturated carbocycles. The van der Waals surface area contributed by atoms with Gasteiger partial charge < -0.3 is 0 Å². The quantitative estimate of drug-likeness (QED) is 0.687. The Morgan fingerprint density at radius 2 is 1.55 bits per heavy atom. The van der Waals surface area contributed by atoms with E-state index in [0.717, 1.165) is 24.2 Å². The number of benzene rings is 2. The van der Waals surface area contributed by atoms with Crippen molar-refractivity contribution in [2.75, 3.05) is 0 Å². The smallest absolute Gasteiger partial charge is 0.0753 e. The van der Waals surface area contributed by atoms with Crippen molar-refractivity contribution in [2.45, 2.75) is 12.8 Å². The lowest BCUT2D eigenvalue weighted by molar-refractivity contribution is 1.01. The molecule has 0 unspecified atom stereocenters. The summed E-state index contributed by atoms with van der Waals surface area (Å²) in [5, 5.41) is 0. The Hall–Kier alpha value is -2.41. The number of fused-ring (bicyclic) bond motifs is 2. The van der Waals surface area contributed by atoms with Crippen molar-refractivity contribution in [1.82, 2.24) is 0 Å². The number of allylic oxidation sites excluding steroid dienone is 4. The van der Waals surface area contributed by atoms with Gasteiger partial charge in [0, 0.05) is 5.56 Å². The summed E-state index contributed by atoms with van der Waals surface area (Å²) < 4.78 is 0. The van der Waals surface area contributed by atoms with E-state index >= 15 is 0 Å². The van der Waals surface area contributed by atoms with E-state index in [0.29, 0.717) is 0 Å². The molecule has 0 spiro atoms. The Balaban J connectivity index is 1.93. The van der Waals surface area contributed by atoms with Crippen molar-refractivity contribution in [3.63, 3.8) is 0 Å². The lowest BCUT2D eigenvalue weighted by Gasteiger charge is -2.09. The fourth-order valence-corrected chi connectivity index (χ4v) is 3.01. The molecule has 96 valence electrons. The molecule has 0 aromatic heterocycles. The third kappa shape index (κ3) is 1.75. The summed E-state index contributed by atoms with van der Waals surface area (Å²) >= 11 is 0. The Bertz CT molecular complexity index is 748. The highest BCUT2D eigenvalue weighted by Crippen LogP contribution is 2.39. The standard InChI is InChI=1S/C19H15N/c1-2-8-14(9-3-1)20-19-17-12-6-4-10-15(17)16-11-5-7-13-18(16)19/h1-6,8-12H,7,13H2/b20-19+. The van der Waals surface area contributed by atoms with E-state index in [1.165, 1.54) is 22.3 Å². The number of hydrogen-bond acceptors (Lipinski definition) is 1. The van der Waals surface area contributed by atoms with E-state index in [-0.39, 0.29) is 0 Å². The highest BCUT2D eigenvalue weighted by molar-refractivity contribution is 6.25. The molecule has 0 atom stereocenters. The number of hydrogen-bond donors (Lipinski definition) is 0. The second-order valence-corrected chi connectivity index (χ2v) is 5.17. The summed E-state index contributed by atoms with van der Waals surface area (Å²) in [5.41, 5.74) is 7.55. The predicted molar refractivity (Wildman–Crippen MR) is 84.4 cm³/mol. The minimum atomic E-state index is 1.03. The molecule has 1 nitrogen and oxygen atoms in total. The molecule has 1 heteroatoms. The van der Waals surface area contributed by atoms with Crippen LogP contribution in [0.25, 0.3) is 5.57 Å². The highest BCUT2D eigenvalue weighted by atomic mass is 14.8. The Morgan fingerprint density at radius 1 is 0.800 bits per heavy atom. The maximum absolute atomic E-state index is 4.91. The van der Waals surface area contributed by atoms with Crippen LogP contribution in [0.4, 0.5) is 5.69 Å². The first-order valence-corrected chi connectivity index (χ1v) is 7.07. The van der Waals surface area contributed by atoms with Crippen LogP contribution in [0, 0.1) is 0 Å². The number of nitrogens with zero attached hydrogens (tertiary/aromatic N) is 1. The predicted octanol–water partition coefficient (Wildman–Crippen LogP) is 4.92. The van der Waals surface area contributed by atoms with Crippen LogP contribution in [-0.4, -0.2) is 5.71 Å². The summed E-state index contributed by atoms with van der Waals surface area (Å²) in [6, 6.07) is 18.8. The van der Waals surface area contributed by atoms with Crippen molar-refractivity contribution >= 4 is 17.0 Å². The monoisotopic (exact) mass is 257 g/mol. The molecular weight excluding hydrogens is 242 g/mol. The molecule has 2 aromatic rings. The average molecular weight is 257 g/mol. The number of rotatable bonds is 1. The van der Waals surface area contributed by atoms with Crippen molar-refractivity contribution in [1.29, 1.82) is 0 Å². The van der Waals surface area contributed by atoms with Gasteiger partial charge >= 0.3 is 0 Å². The van der Waals surface area contributed by atoms with E-state index < -0.39 is 0 Å². The Kier molecular flexibility index (Phi) is 2.63. The molecule has 0 fully saturated rings. The molecule has 2 aliphatic rings. The largest absolute Gasteiger partial charge is 0.248 e. The zero-order valence-corrected chi connectivity index (χ0v) is 11.2. The summed E-state index contributed by atoms with van der Waals surface area (Å²) in [4.78, 5) is 4.91. The van der Waals surface area contributed by atoms with Gasteiger partial charge in [0.1, 0.15) is 0 Å². The summed E-state index contributed by atoms with van der Waals surface area (Å²) in [6.45, 7) is 0. The molecule has 0 saturated heterocycles. The van der Waals surface area contributed by atoms with Gasteiger partial charge in [0.05, 0.1) is 11.4 Å². The fourth-order valence-electron chi connectivity index (χ4n) is 3.01. The molecule has 0 aliphatic heterocycles. The summed E-state index contributed by atoms with van der Waals surface area (Å²) in [7, 11) is 0. The van der Waals surface area contributed by atoms with Gasteiger partial charge in [0.25, 0.3) is 0 Å². The molecule has 4 rings (SSSR count). The van der Waals surface area contributed by atoms with Gasteiger partial charge in [0.2, 0.25) is 0 Å². The molecule has 0 bridgehead atoms. The van der Waals surface area contributed by atoms with Crippen LogP contribution in [0.3, 0.4) is 0 Å². The first-order chi connectivity index (χ1) is 9.93. The van der Waals surface area contributed by atoms with E-state index in [1.807, 2.05) is 18.2 Å². The van der Waals surface area contributed by atoms with Gasteiger partial charge in [-0.15, -0.1) is 0 Å². The zero-order valence-electron chi connectivity index (χ0n) is 11.2. The minimum absolute atomic E-state index is 1.03. The van der Waals surface area contributed by atoms with E-state index in [1.54, 1.807) is 0 Å². The molecule has 0 N–H and O–H groups in total. The van der Waals surface area contributed by atoms with Crippen LogP contribution in [0.15, 0.2) is 77.3 Å². The van der Waals surface area contributed by atoms with Gasteiger partial charge in [-0.3, -0.25) is 0 Å². The van der Waals surface area contributed by atoms with Gasteiger partial charge in [-0.2, -0.15) is 0 Å². The first-order valence-electron chi connectivity index (χ1n) is 7.07. The van der Waals surface area contributed by atoms with Crippen LogP contribution < -0.4 is 0 Å². The lowest BCUT2D eigenvalue weighted by atomic mass is 9.97. The molecule has 0 amide bonds. The fraction of sp³-hybridized carbons (Fsp3) is 0.105. The van der Waals surface area contributed by atoms with Crippen molar-refractivity contribution in [3.05, 3.63) is 83.4 Å². The van der Waals surface area contributed by atoms with E-state index in [4.69, 9.17) is 4.99 Å². The second-order valence-electron chi connectivity index (χ2n) is 5.17. The normalized spacial score (nSPS) is 18.3. The Labute approximate surface area is 119 Å². The van der Waals surface area contributed by atoms with Gasteiger partial charge in [-0.1, -0.05) is 54.6 Å². The minimum Gasteiger partial charge on any atom is -0.248 e. The van der Waals surface area contributed by atoms with Crippen molar-refractivity contribution in [3.8, 4) is 0 Å². The van der Waals surface area contributed by atoms with Crippen LogP contribution in [0.2, 0.25) is 0 Å². The SMILES string of the molecule is C1=CC2=C(CC1)/C(=N/c1ccccc1)c1ccccc12. The summed E-state index contributed by atoms with van der Waals surface area (Å²) in [5.74, 6) is 0. The molecule has 20 heavy (non-hydrogen) atoms. The van der Waals surface area contributed by atoms with E-state index in [9.17, 15) is 0 Å². The van der Waals surface area contributed by atoms with Gasteiger partial charge in [-0.05, 0) is 41.7 Å². The first kappa shape index (κ1) is 11.4. The maximum atomic E-state index is 4.91. The number of aliphatic imine (C=N–C) groups is 1. The lowest BCUT2D eigenvalue weighted by Crippen LogP contribution is -2.01. The highest BCUT2D eigenvalue weighted by Gasteiger charge is 2.26. The average Bonchev–Trinajstić information content (AvgIpc) is 2.84. The van der Waals surface area contributed by atoms with Crippen LogP contribution in [0.5, 0.6) is 0 Å². The third-order valence-corrected chi connectivity index (χ3v) is 3.93. The second kappa shape index (κ2) is 4.61. The Morgan fingerprint density at radius 3 is 2.40 bits per heavy atom. The molecule has 0 radical (unpaired) electrons. The van der Waals surface area contributed by atoms with Gasteiger partial charge in [0.15, 0.2) is 0 Å². The van der Waals surface area contributed by atoms with Crippen LogP contribution in [0.1, 0.15) is 24.0 Å². The zero-order chi connectivity index (χ0) is 13.4. The van der Waals surface area contributed by atoms with Crippen LogP contribution in [-0.2, 0) is 0 Å². The third-order valence-electron chi connectivity index (χ3n) is 3.93. The van der Waals surface area contributed by atoms with Crippen molar-refractivity contribution in [2.24, 2.45) is 4.99 Å². The van der Waals surface area contributed by atoms with Crippen LogP contribution >= 0.6 is 0 Å².